The fourth-order valence-electron chi connectivity index (χ4n) is 1.16. The van der Waals surface area contributed by atoms with Gasteiger partial charge in [0.15, 0.2) is 0 Å². The lowest BCUT2D eigenvalue weighted by Gasteiger charge is -2.04. The normalized spacial score (nSPS) is 10.1. The van der Waals surface area contributed by atoms with E-state index in [1.807, 2.05) is 18.2 Å². The third-order valence-electron chi connectivity index (χ3n) is 1.85. The van der Waals surface area contributed by atoms with Gasteiger partial charge in [-0.05, 0) is 19.1 Å². The molecule has 1 rings (SSSR count). The van der Waals surface area contributed by atoms with E-state index in [1.54, 1.807) is 6.92 Å². The highest BCUT2D eigenvalue weighted by Gasteiger charge is 2.02. The molecule has 0 aliphatic rings. The number of esters is 1. The van der Waals surface area contributed by atoms with Gasteiger partial charge in [0.25, 0.3) is 0 Å². The summed E-state index contributed by atoms with van der Waals surface area (Å²) in [7, 11) is 0. The fourth-order valence-corrected chi connectivity index (χ4v) is 1.16. The molecule has 0 radical (unpaired) electrons. The van der Waals surface area contributed by atoms with Crippen LogP contribution in [-0.2, 0) is 27.4 Å². The van der Waals surface area contributed by atoms with Crippen LogP contribution in [0.2, 0.25) is 0 Å². The molecule has 0 saturated heterocycles. The topological polar surface area (TPSA) is 74.4 Å². The zero-order valence-corrected chi connectivity index (χ0v) is 9.31. The van der Waals surface area contributed by atoms with E-state index in [9.17, 15) is 4.79 Å². The SMILES string of the molecule is CCOC(=O)COCc1cccc(CN)n1. The summed E-state index contributed by atoms with van der Waals surface area (Å²) in [5.74, 6) is -0.363. The van der Waals surface area contributed by atoms with Crippen LogP contribution in [0.3, 0.4) is 0 Å². The third kappa shape index (κ3) is 4.37. The van der Waals surface area contributed by atoms with Gasteiger partial charge in [0.1, 0.15) is 6.61 Å². The van der Waals surface area contributed by atoms with Crippen molar-refractivity contribution in [1.82, 2.24) is 4.98 Å². The Hall–Kier alpha value is -1.46. The van der Waals surface area contributed by atoms with Crippen molar-refractivity contribution < 1.29 is 14.3 Å². The van der Waals surface area contributed by atoms with Crippen molar-refractivity contribution in [2.75, 3.05) is 13.2 Å². The first-order chi connectivity index (χ1) is 7.76. The van der Waals surface area contributed by atoms with Crippen LogP contribution in [0.15, 0.2) is 18.2 Å². The number of aromatic nitrogens is 1. The largest absolute Gasteiger partial charge is 0.464 e. The maximum absolute atomic E-state index is 11.0. The number of carbonyl (C=O) groups excluding carboxylic acids is 1. The van der Waals surface area contributed by atoms with Crippen molar-refractivity contribution in [3.05, 3.63) is 29.6 Å². The van der Waals surface area contributed by atoms with Crippen LogP contribution in [0.1, 0.15) is 18.3 Å². The number of nitrogens with zero attached hydrogens (tertiary/aromatic N) is 1. The van der Waals surface area contributed by atoms with Crippen molar-refractivity contribution in [2.24, 2.45) is 5.73 Å². The van der Waals surface area contributed by atoms with Crippen LogP contribution in [0.5, 0.6) is 0 Å². The molecular formula is C11H16N2O3. The van der Waals surface area contributed by atoms with Gasteiger partial charge < -0.3 is 15.2 Å². The van der Waals surface area contributed by atoms with Gasteiger partial charge in [0, 0.05) is 6.54 Å². The predicted octanol–water partition coefficient (Wildman–Crippen LogP) is 0.620. The molecule has 1 heterocycles. The maximum Gasteiger partial charge on any atom is 0.332 e. The molecule has 88 valence electrons. The molecule has 5 heteroatoms. The van der Waals surface area contributed by atoms with Crippen molar-refractivity contribution in [2.45, 2.75) is 20.1 Å². The lowest BCUT2D eigenvalue weighted by Crippen LogP contribution is -2.12. The average molecular weight is 224 g/mol. The second kappa shape index (κ2) is 6.92. The van der Waals surface area contributed by atoms with Crippen molar-refractivity contribution in [3.8, 4) is 0 Å². The minimum absolute atomic E-state index is 0.0532. The zero-order chi connectivity index (χ0) is 11.8. The Balaban J connectivity index is 2.34. The van der Waals surface area contributed by atoms with E-state index >= 15 is 0 Å². The summed E-state index contributed by atoms with van der Waals surface area (Å²) >= 11 is 0. The summed E-state index contributed by atoms with van der Waals surface area (Å²) in [5, 5.41) is 0. The summed E-state index contributed by atoms with van der Waals surface area (Å²) in [6.45, 7) is 2.74. The molecule has 0 spiro atoms. The molecular weight excluding hydrogens is 208 g/mol. The number of hydrogen-bond acceptors (Lipinski definition) is 5. The predicted molar refractivity (Wildman–Crippen MR) is 58.4 cm³/mol. The number of pyridine rings is 1. The van der Waals surface area contributed by atoms with E-state index in [0.29, 0.717) is 13.2 Å². The monoisotopic (exact) mass is 224 g/mol. The average Bonchev–Trinajstić information content (AvgIpc) is 2.30. The standard InChI is InChI=1S/C11H16N2O3/c1-2-16-11(14)8-15-7-10-5-3-4-9(6-12)13-10/h3-5H,2,6-8,12H2,1H3. The molecule has 0 bridgehead atoms. The van der Waals surface area contributed by atoms with Crippen LogP contribution in [0.4, 0.5) is 0 Å². The highest BCUT2D eigenvalue weighted by atomic mass is 16.6. The fraction of sp³-hybridized carbons (Fsp3) is 0.455. The smallest absolute Gasteiger partial charge is 0.332 e. The number of carbonyl (C=O) groups is 1. The van der Waals surface area contributed by atoms with E-state index < -0.39 is 0 Å². The molecule has 0 amide bonds. The Labute approximate surface area is 94.6 Å². The van der Waals surface area contributed by atoms with E-state index in [0.717, 1.165) is 11.4 Å². The first-order valence-electron chi connectivity index (χ1n) is 5.14. The van der Waals surface area contributed by atoms with Crippen LogP contribution in [0, 0.1) is 0 Å². The van der Waals surface area contributed by atoms with E-state index in [1.165, 1.54) is 0 Å². The Morgan fingerprint density at radius 1 is 1.44 bits per heavy atom. The Kier molecular flexibility index (Phi) is 5.45. The van der Waals surface area contributed by atoms with Crippen molar-refractivity contribution >= 4 is 5.97 Å². The summed E-state index contributed by atoms with van der Waals surface area (Å²) in [4.78, 5) is 15.2. The lowest BCUT2D eigenvalue weighted by atomic mass is 10.3. The minimum Gasteiger partial charge on any atom is -0.464 e. The van der Waals surface area contributed by atoms with Crippen LogP contribution < -0.4 is 5.73 Å². The van der Waals surface area contributed by atoms with Crippen molar-refractivity contribution in [1.29, 1.82) is 0 Å². The summed E-state index contributed by atoms with van der Waals surface area (Å²) in [6.07, 6.45) is 0. The molecule has 16 heavy (non-hydrogen) atoms. The molecule has 2 N–H and O–H groups in total. The molecule has 0 fully saturated rings. The Morgan fingerprint density at radius 2 is 2.19 bits per heavy atom. The molecule has 0 aliphatic carbocycles. The van der Waals surface area contributed by atoms with Crippen LogP contribution in [0.25, 0.3) is 0 Å². The van der Waals surface area contributed by atoms with Crippen LogP contribution in [-0.4, -0.2) is 24.2 Å². The van der Waals surface area contributed by atoms with E-state index in [2.05, 4.69) is 4.98 Å². The van der Waals surface area contributed by atoms with Gasteiger partial charge in [-0.15, -0.1) is 0 Å². The first kappa shape index (κ1) is 12.6. The quantitative estimate of drug-likeness (QED) is 0.717. The number of hydrogen-bond donors (Lipinski definition) is 1. The summed E-state index contributed by atoms with van der Waals surface area (Å²) < 4.78 is 9.88. The maximum atomic E-state index is 11.0. The van der Waals surface area contributed by atoms with Gasteiger partial charge in [-0.2, -0.15) is 0 Å². The molecule has 0 saturated carbocycles. The van der Waals surface area contributed by atoms with Crippen molar-refractivity contribution in [3.63, 3.8) is 0 Å². The van der Waals surface area contributed by atoms with Gasteiger partial charge in [-0.1, -0.05) is 6.07 Å². The number of rotatable bonds is 6. The van der Waals surface area contributed by atoms with E-state index in [-0.39, 0.29) is 19.2 Å². The molecule has 0 unspecified atom stereocenters. The van der Waals surface area contributed by atoms with E-state index in [4.69, 9.17) is 15.2 Å². The van der Waals surface area contributed by atoms with Gasteiger partial charge in [-0.3, -0.25) is 4.98 Å². The molecule has 1 aromatic rings. The van der Waals surface area contributed by atoms with Gasteiger partial charge in [0.2, 0.25) is 0 Å². The molecule has 5 nitrogen and oxygen atoms in total. The Bertz CT molecular complexity index is 342. The van der Waals surface area contributed by atoms with Crippen LogP contribution >= 0.6 is 0 Å². The Morgan fingerprint density at radius 3 is 2.88 bits per heavy atom. The van der Waals surface area contributed by atoms with Gasteiger partial charge in [0.05, 0.1) is 24.6 Å². The molecule has 0 aliphatic heterocycles. The highest BCUT2D eigenvalue weighted by molar-refractivity contribution is 5.70. The van der Waals surface area contributed by atoms with Gasteiger partial charge in [-0.25, -0.2) is 4.79 Å². The zero-order valence-electron chi connectivity index (χ0n) is 9.31. The molecule has 0 atom stereocenters. The first-order valence-corrected chi connectivity index (χ1v) is 5.14. The second-order valence-electron chi connectivity index (χ2n) is 3.12. The molecule has 0 aromatic carbocycles. The summed E-state index contributed by atoms with van der Waals surface area (Å²) in [5.41, 5.74) is 7.02. The van der Waals surface area contributed by atoms with Gasteiger partial charge >= 0.3 is 5.97 Å². The molecule has 1 aromatic heterocycles. The number of nitrogens with two attached hydrogens (primary N) is 1. The number of ether oxygens (including phenoxy) is 2. The second-order valence-corrected chi connectivity index (χ2v) is 3.12. The third-order valence-corrected chi connectivity index (χ3v) is 1.85. The highest BCUT2D eigenvalue weighted by Crippen LogP contribution is 2.00. The summed E-state index contributed by atoms with van der Waals surface area (Å²) in [6, 6.07) is 5.53. The lowest BCUT2D eigenvalue weighted by molar-refractivity contribution is -0.148. The minimum atomic E-state index is -0.363.